The van der Waals surface area contributed by atoms with E-state index in [1.165, 1.54) is 6.26 Å². The molecule has 1 unspecified atom stereocenters. The van der Waals surface area contributed by atoms with E-state index in [1.807, 2.05) is 12.3 Å². The van der Waals surface area contributed by atoms with E-state index < -0.39 is 11.9 Å². The number of nitrogens with zero attached hydrogens (tertiary/aromatic N) is 2. The summed E-state index contributed by atoms with van der Waals surface area (Å²) in [6.45, 7) is 0.294. The van der Waals surface area contributed by atoms with Gasteiger partial charge in [-0.05, 0) is 42.7 Å². The summed E-state index contributed by atoms with van der Waals surface area (Å²) in [5.41, 5.74) is 0.749. The number of benzene rings is 1. The molecule has 1 aromatic carbocycles. The van der Waals surface area contributed by atoms with Gasteiger partial charge in [-0.2, -0.15) is 16.7 Å². The molecular formula is C20H21ClN4O4S. The van der Waals surface area contributed by atoms with Gasteiger partial charge in [0, 0.05) is 23.6 Å². The SMILES string of the molecule is CSCCC(NC(=O)c1ccco1)C(=O)NCCc1nc(-c2cccc(Cl)c2)no1. The smallest absolute Gasteiger partial charge is 0.287 e. The average Bonchev–Trinajstić information content (AvgIpc) is 3.43. The molecule has 0 aliphatic rings. The lowest BCUT2D eigenvalue weighted by Gasteiger charge is -2.17. The number of furan rings is 1. The molecule has 0 saturated carbocycles. The molecule has 0 bridgehead atoms. The van der Waals surface area contributed by atoms with Gasteiger partial charge in [0.25, 0.3) is 5.91 Å². The highest BCUT2D eigenvalue weighted by molar-refractivity contribution is 7.98. The van der Waals surface area contributed by atoms with Gasteiger partial charge in [-0.25, -0.2) is 0 Å². The summed E-state index contributed by atoms with van der Waals surface area (Å²) in [4.78, 5) is 29.1. The van der Waals surface area contributed by atoms with E-state index in [2.05, 4.69) is 20.8 Å². The Kier molecular flexibility index (Phi) is 7.92. The fourth-order valence-electron chi connectivity index (χ4n) is 2.66. The van der Waals surface area contributed by atoms with Crippen molar-refractivity contribution in [2.75, 3.05) is 18.6 Å². The van der Waals surface area contributed by atoms with E-state index in [9.17, 15) is 9.59 Å². The van der Waals surface area contributed by atoms with Crippen molar-refractivity contribution in [1.82, 2.24) is 20.8 Å². The summed E-state index contributed by atoms with van der Waals surface area (Å²) in [7, 11) is 0. The molecule has 8 nitrogen and oxygen atoms in total. The Bertz CT molecular complexity index is 977. The van der Waals surface area contributed by atoms with Crippen molar-refractivity contribution in [2.45, 2.75) is 18.9 Å². The van der Waals surface area contributed by atoms with Crippen LogP contribution in [-0.2, 0) is 11.2 Å². The number of carbonyl (C=O) groups excluding carboxylic acids is 2. The minimum absolute atomic E-state index is 0.163. The maximum atomic E-state index is 12.6. The van der Waals surface area contributed by atoms with Gasteiger partial charge in [0.2, 0.25) is 17.6 Å². The summed E-state index contributed by atoms with van der Waals surface area (Å²) < 4.78 is 10.3. The van der Waals surface area contributed by atoms with Crippen LogP contribution in [0, 0.1) is 0 Å². The van der Waals surface area contributed by atoms with Crippen molar-refractivity contribution in [3.05, 3.63) is 59.3 Å². The lowest BCUT2D eigenvalue weighted by Crippen LogP contribution is -2.47. The molecule has 0 aliphatic carbocycles. The zero-order chi connectivity index (χ0) is 21.3. The van der Waals surface area contributed by atoms with E-state index in [-0.39, 0.29) is 11.7 Å². The van der Waals surface area contributed by atoms with Crippen molar-refractivity contribution in [2.24, 2.45) is 0 Å². The second-order valence-electron chi connectivity index (χ2n) is 6.35. The highest BCUT2D eigenvalue weighted by atomic mass is 35.5. The highest BCUT2D eigenvalue weighted by Crippen LogP contribution is 2.19. The summed E-state index contributed by atoms with van der Waals surface area (Å²) in [6.07, 6.45) is 4.21. The van der Waals surface area contributed by atoms with Gasteiger partial charge in [0.15, 0.2) is 5.76 Å². The van der Waals surface area contributed by atoms with Crippen molar-refractivity contribution in [1.29, 1.82) is 0 Å². The molecule has 0 saturated heterocycles. The summed E-state index contributed by atoms with van der Waals surface area (Å²) >= 11 is 7.58. The first-order valence-corrected chi connectivity index (χ1v) is 11.0. The minimum Gasteiger partial charge on any atom is -0.459 e. The standard InChI is InChI=1S/C20H21ClN4O4S/c1-30-11-8-15(23-20(27)16-6-3-10-28-16)19(26)22-9-7-17-24-18(25-29-17)13-4-2-5-14(21)12-13/h2-6,10,12,15H,7-9,11H2,1H3,(H,22,26)(H,23,27). The Balaban J connectivity index is 1.53. The van der Waals surface area contributed by atoms with Crippen molar-refractivity contribution >= 4 is 35.2 Å². The normalized spacial score (nSPS) is 11.8. The van der Waals surface area contributed by atoms with Crippen molar-refractivity contribution in [3.8, 4) is 11.4 Å². The molecule has 3 aromatic rings. The third kappa shape index (κ3) is 6.11. The van der Waals surface area contributed by atoms with Crippen LogP contribution in [0.2, 0.25) is 5.02 Å². The number of nitrogens with one attached hydrogen (secondary N) is 2. The van der Waals surface area contributed by atoms with Crippen LogP contribution in [0.5, 0.6) is 0 Å². The Morgan fingerprint density at radius 3 is 2.87 bits per heavy atom. The fraction of sp³-hybridized carbons (Fsp3) is 0.300. The van der Waals surface area contributed by atoms with E-state index in [1.54, 1.807) is 42.1 Å². The van der Waals surface area contributed by atoms with Crippen LogP contribution in [0.1, 0.15) is 22.9 Å². The zero-order valence-electron chi connectivity index (χ0n) is 16.3. The van der Waals surface area contributed by atoms with E-state index in [4.69, 9.17) is 20.5 Å². The number of hydrogen-bond acceptors (Lipinski definition) is 7. The van der Waals surface area contributed by atoms with E-state index >= 15 is 0 Å². The number of carbonyl (C=O) groups is 2. The van der Waals surface area contributed by atoms with Gasteiger partial charge in [-0.15, -0.1) is 0 Å². The predicted octanol–water partition coefficient (Wildman–Crippen LogP) is 3.19. The van der Waals surface area contributed by atoms with Gasteiger partial charge >= 0.3 is 0 Å². The van der Waals surface area contributed by atoms with Gasteiger partial charge in [-0.1, -0.05) is 28.9 Å². The Morgan fingerprint density at radius 1 is 1.27 bits per heavy atom. The van der Waals surface area contributed by atoms with E-state index in [0.29, 0.717) is 36.1 Å². The highest BCUT2D eigenvalue weighted by Gasteiger charge is 2.22. The molecule has 0 aliphatic heterocycles. The molecule has 2 heterocycles. The second-order valence-corrected chi connectivity index (χ2v) is 7.77. The van der Waals surface area contributed by atoms with Gasteiger partial charge in [0.05, 0.1) is 6.26 Å². The zero-order valence-corrected chi connectivity index (χ0v) is 17.8. The summed E-state index contributed by atoms with van der Waals surface area (Å²) in [6, 6.07) is 9.65. The summed E-state index contributed by atoms with van der Waals surface area (Å²) in [5, 5.41) is 10.0. The molecule has 3 rings (SSSR count). The number of thioether (sulfide) groups is 1. The van der Waals surface area contributed by atoms with Crippen LogP contribution >= 0.6 is 23.4 Å². The average molecular weight is 449 g/mol. The largest absolute Gasteiger partial charge is 0.459 e. The predicted molar refractivity (Wildman–Crippen MR) is 114 cm³/mol. The Morgan fingerprint density at radius 2 is 2.13 bits per heavy atom. The first-order chi connectivity index (χ1) is 14.6. The van der Waals surface area contributed by atoms with Crippen LogP contribution in [0.3, 0.4) is 0 Å². The number of aromatic nitrogens is 2. The molecule has 0 spiro atoms. The molecule has 1 atom stereocenters. The molecule has 30 heavy (non-hydrogen) atoms. The van der Waals surface area contributed by atoms with Crippen LogP contribution in [0.25, 0.3) is 11.4 Å². The fourth-order valence-corrected chi connectivity index (χ4v) is 3.32. The molecule has 0 radical (unpaired) electrons. The third-order valence-corrected chi connectivity index (χ3v) is 5.05. The number of rotatable bonds is 10. The first kappa shape index (κ1) is 21.9. The second kappa shape index (κ2) is 10.8. The lowest BCUT2D eigenvalue weighted by molar-refractivity contribution is -0.123. The Hall–Kier alpha value is -2.78. The van der Waals surface area contributed by atoms with Crippen LogP contribution in [0.4, 0.5) is 0 Å². The van der Waals surface area contributed by atoms with Crippen molar-refractivity contribution < 1.29 is 18.5 Å². The van der Waals surface area contributed by atoms with Gasteiger partial charge in [-0.3, -0.25) is 9.59 Å². The topological polar surface area (TPSA) is 110 Å². The van der Waals surface area contributed by atoms with E-state index in [0.717, 1.165) is 11.3 Å². The number of halogens is 1. The van der Waals surface area contributed by atoms with Gasteiger partial charge in [0.1, 0.15) is 6.04 Å². The molecule has 2 N–H and O–H groups in total. The first-order valence-electron chi connectivity index (χ1n) is 9.26. The minimum atomic E-state index is -0.667. The lowest BCUT2D eigenvalue weighted by atomic mass is 10.2. The van der Waals surface area contributed by atoms with Gasteiger partial charge < -0.3 is 19.6 Å². The van der Waals surface area contributed by atoms with Crippen LogP contribution in [0.15, 0.2) is 51.6 Å². The van der Waals surface area contributed by atoms with Crippen molar-refractivity contribution in [3.63, 3.8) is 0 Å². The third-order valence-electron chi connectivity index (χ3n) is 4.17. The maximum Gasteiger partial charge on any atom is 0.287 e. The molecule has 158 valence electrons. The maximum absolute atomic E-state index is 12.6. The molecule has 10 heteroatoms. The number of amides is 2. The number of hydrogen-bond donors (Lipinski definition) is 2. The molecule has 0 fully saturated rings. The molecule has 2 aromatic heterocycles. The Labute approximate surface area is 182 Å². The quantitative estimate of drug-likeness (QED) is 0.490. The molecular weight excluding hydrogens is 428 g/mol. The summed E-state index contributed by atoms with van der Waals surface area (Å²) in [5.74, 6) is 1.01. The van der Waals surface area contributed by atoms with Crippen LogP contribution in [-0.4, -0.2) is 46.6 Å². The van der Waals surface area contributed by atoms with Crippen LogP contribution < -0.4 is 10.6 Å². The molecule has 2 amide bonds. The monoisotopic (exact) mass is 448 g/mol.